The summed E-state index contributed by atoms with van der Waals surface area (Å²) in [4.78, 5) is 16.1. The average molecular weight is 311 g/mol. The molecule has 1 aliphatic heterocycles. The van der Waals surface area contributed by atoms with Gasteiger partial charge in [-0.1, -0.05) is 0 Å². The fourth-order valence-corrected chi connectivity index (χ4v) is 3.05. The van der Waals surface area contributed by atoms with Gasteiger partial charge < -0.3 is 15.1 Å². The maximum absolute atomic E-state index is 12.3. The predicted molar refractivity (Wildman–Crippen MR) is 82.2 cm³/mol. The van der Waals surface area contributed by atoms with Gasteiger partial charge in [0.2, 0.25) is 5.91 Å². The molecule has 6 nitrogen and oxygen atoms in total. The van der Waals surface area contributed by atoms with Crippen LogP contribution in [0.5, 0.6) is 0 Å². The van der Waals surface area contributed by atoms with Crippen LogP contribution in [-0.2, 0) is 14.6 Å². The van der Waals surface area contributed by atoms with Crippen molar-refractivity contribution in [2.75, 3.05) is 44.9 Å². The quantitative estimate of drug-likeness (QED) is 0.848. The normalized spacial score (nSPS) is 19.4. The predicted octanol–water partition coefficient (Wildman–Crippen LogP) is -0.0435. The minimum atomic E-state index is -3.20. The smallest absolute Gasteiger partial charge is 0.246 e. The Labute approximate surface area is 125 Å². The number of nitrogens with one attached hydrogen (secondary N) is 1. The van der Waals surface area contributed by atoms with Crippen LogP contribution in [0.25, 0.3) is 0 Å². The fraction of sp³-hybridized carbons (Fsp3) is 0.500. The minimum Gasteiger partial charge on any atom is -0.357 e. The standard InChI is InChI=1S/C14H21N3O3S/c1-16(2)14(18)13-10-15-8-9-17(13)11-4-6-12(7-5-11)21(3,19)20/h4-7,13,15H,8-10H2,1-3H3. The van der Waals surface area contributed by atoms with Gasteiger partial charge in [0.25, 0.3) is 0 Å². The van der Waals surface area contributed by atoms with Crippen LogP contribution in [0.4, 0.5) is 5.69 Å². The Morgan fingerprint density at radius 1 is 1.29 bits per heavy atom. The van der Waals surface area contributed by atoms with Crippen molar-refractivity contribution >= 4 is 21.4 Å². The summed E-state index contributed by atoms with van der Waals surface area (Å²) in [7, 11) is 0.276. The lowest BCUT2D eigenvalue weighted by molar-refractivity contribution is -0.130. The van der Waals surface area contributed by atoms with Crippen LogP contribution in [0.3, 0.4) is 0 Å². The van der Waals surface area contributed by atoms with Crippen molar-refractivity contribution in [1.82, 2.24) is 10.2 Å². The second kappa shape index (κ2) is 6.03. The van der Waals surface area contributed by atoms with Gasteiger partial charge >= 0.3 is 0 Å². The van der Waals surface area contributed by atoms with Gasteiger partial charge in [-0.05, 0) is 24.3 Å². The van der Waals surface area contributed by atoms with Gasteiger partial charge in [0.05, 0.1) is 4.90 Å². The molecule has 7 heteroatoms. The number of likely N-dealkylation sites (N-methyl/N-ethyl adjacent to an activating group) is 1. The third kappa shape index (κ3) is 3.54. The van der Waals surface area contributed by atoms with Crippen LogP contribution in [0.2, 0.25) is 0 Å². The molecule has 1 aromatic rings. The Bertz CT molecular complexity index is 611. The third-order valence-corrected chi connectivity index (χ3v) is 4.69. The molecule has 1 atom stereocenters. The van der Waals surface area contributed by atoms with Crippen molar-refractivity contribution in [1.29, 1.82) is 0 Å². The number of carbonyl (C=O) groups excluding carboxylic acids is 1. The van der Waals surface area contributed by atoms with Crippen LogP contribution in [0.1, 0.15) is 0 Å². The number of hydrogen-bond acceptors (Lipinski definition) is 5. The zero-order valence-electron chi connectivity index (χ0n) is 12.5. The molecule has 0 spiro atoms. The lowest BCUT2D eigenvalue weighted by Crippen LogP contribution is -2.57. The Hall–Kier alpha value is -1.60. The summed E-state index contributed by atoms with van der Waals surface area (Å²) >= 11 is 0. The van der Waals surface area contributed by atoms with Gasteiger partial charge in [-0.3, -0.25) is 4.79 Å². The zero-order valence-corrected chi connectivity index (χ0v) is 13.4. The summed E-state index contributed by atoms with van der Waals surface area (Å²) in [6, 6.07) is 6.43. The molecule has 1 saturated heterocycles. The SMILES string of the molecule is CN(C)C(=O)C1CNCCN1c1ccc(S(C)(=O)=O)cc1. The highest BCUT2D eigenvalue weighted by Gasteiger charge is 2.29. The van der Waals surface area contributed by atoms with E-state index in [0.29, 0.717) is 13.1 Å². The molecular weight excluding hydrogens is 290 g/mol. The number of piperazine rings is 1. The van der Waals surface area contributed by atoms with Crippen LogP contribution >= 0.6 is 0 Å². The lowest BCUT2D eigenvalue weighted by Gasteiger charge is -2.38. The molecule has 0 aliphatic carbocycles. The van der Waals surface area contributed by atoms with Gasteiger partial charge in [0.1, 0.15) is 6.04 Å². The molecule has 2 rings (SSSR count). The van der Waals surface area contributed by atoms with Crippen molar-refractivity contribution < 1.29 is 13.2 Å². The van der Waals surface area contributed by atoms with E-state index in [1.54, 1.807) is 43.3 Å². The first-order valence-electron chi connectivity index (χ1n) is 6.79. The summed E-state index contributed by atoms with van der Waals surface area (Å²) in [6.07, 6.45) is 1.19. The van der Waals surface area contributed by atoms with E-state index in [4.69, 9.17) is 0 Å². The number of sulfone groups is 1. The molecule has 1 unspecified atom stereocenters. The molecule has 1 N–H and O–H groups in total. The van der Waals surface area contributed by atoms with Gasteiger partial charge in [-0.15, -0.1) is 0 Å². The van der Waals surface area contributed by atoms with Gasteiger partial charge in [0.15, 0.2) is 9.84 Å². The molecule has 0 saturated carbocycles. The van der Waals surface area contributed by atoms with E-state index >= 15 is 0 Å². The number of anilines is 1. The van der Waals surface area contributed by atoms with Crippen molar-refractivity contribution in [2.24, 2.45) is 0 Å². The molecule has 0 radical (unpaired) electrons. The lowest BCUT2D eigenvalue weighted by atomic mass is 10.1. The number of amides is 1. The maximum Gasteiger partial charge on any atom is 0.246 e. The van der Waals surface area contributed by atoms with Gasteiger partial charge in [-0.25, -0.2) is 8.42 Å². The largest absolute Gasteiger partial charge is 0.357 e. The molecule has 116 valence electrons. The zero-order chi connectivity index (χ0) is 15.6. The van der Waals surface area contributed by atoms with E-state index in [0.717, 1.165) is 12.2 Å². The Balaban J connectivity index is 2.27. The number of nitrogens with zero attached hydrogens (tertiary/aromatic N) is 2. The Kier molecular flexibility index (Phi) is 4.53. The highest BCUT2D eigenvalue weighted by Crippen LogP contribution is 2.21. The number of rotatable bonds is 3. The first-order valence-corrected chi connectivity index (χ1v) is 8.68. The molecular formula is C14H21N3O3S. The molecule has 0 bridgehead atoms. The van der Waals surface area contributed by atoms with Crippen LogP contribution in [-0.4, -0.2) is 65.3 Å². The molecule has 1 amide bonds. The number of carbonyl (C=O) groups is 1. The molecule has 21 heavy (non-hydrogen) atoms. The van der Waals surface area contributed by atoms with Gasteiger partial charge in [-0.2, -0.15) is 0 Å². The van der Waals surface area contributed by atoms with Crippen molar-refractivity contribution in [3.8, 4) is 0 Å². The third-order valence-electron chi connectivity index (χ3n) is 3.57. The molecule has 1 aromatic carbocycles. The highest BCUT2D eigenvalue weighted by molar-refractivity contribution is 7.90. The second-order valence-corrected chi connectivity index (χ2v) is 7.43. The van der Waals surface area contributed by atoms with E-state index in [-0.39, 0.29) is 16.8 Å². The first kappa shape index (κ1) is 15.8. The van der Waals surface area contributed by atoms with Crippen LogP contribution in [0.15, 0.2) is 29.2 Å². The van der Waals surface area contributed by atoms with E-state index in [1.165, 1.54) is 6.26 Å². The summed E-state index contributed by atoms with van der Waals surface area (Å²) in [5.74, 6) is 0.0365. The molecule has 1 fully saturated rings. The van der Waals surface area contributed by atoms with E-state index in [1.807, 2.05) is 4.90 Å². The van der Waals surface area contributed by atoms with E-state index < -0.39 is 9.84 Å². The molecule has 1 heterocycles. The first-order chi connectivity index (χ1) is 9.80. The van der Waals surface area contributed by atoms with Crippen molar-refractivity contribution in [2.45, 2.75) is 10.9 Å². The van der Waals surface area contributed by atoms with Crippen molar-refractivity contribution in [3.63, 3.8) is 0 Å². The molecule has 1 aliphatic rings. The summed E-state index contributed by atoms with van der Waals surface area (Å²) in [5, 5.41) is 3.22. The van der Waals surface area contributed by atoms with E-state index in [2.05, 4.69) is 5.32 Å². The number of benzene rings is 1. The summed E-state index contributed by atoms with van der Waals surface area (Å²) in [6.45, 7) is 2.10. The van der Waals surface area contributed by atoms with Crippen LogP contribution < -0.4 is 10.2 Å². The Morgan fingerprint density at radius 3 is 2.43 bits per heavy atom. The summed E-state index contributed by atoms with van der Waals surface area (Å²) in [5.41, 5.74) is 0.865. The Morgan fingerprint density at radius 2 is 1.90 bits per heavy atom. The second-order valence-electron chi connectivity index (χ2n) is 5.41. The monoisotopic (exact) mass is 311 g/mol. The number of hydrogen-bond donors (Lipinski definition) is 1. The maximum atomic E-state index is 12.3. The van der Waals surface area contributed by atoms with Crippen LogP contribution in [0, 0.1) is 0 Å². The minimum absolute atomic E-state index is 0.0365. The average Bonchev–Trinajstić information content (AvgIpc) is 2.45. The fourth-order valence-electron chi connectivity index (χ4n) is 2.42. The van der Waals surface area contributed by atoms with Crippen molar-refractivity contribution in [3.05, 3.63) is 24.3 Å². The van der Waals surface area contributed by atoms with E-state index in [9.17, 15) is 13.2 Å². The highest BCUT2D eigenvalue weighted by atomic mass is 32.2. The topological polar surface area (TPSA) is 69.7 Å². The molecule has 0 aromatic heterocycles. The summed E-state index contributed by atoms with van der Waals surface area (Å²) < 4.78 is 23.0. The van der Waals surface area contributed by atoms with Gasteiger partial charge in [0, 0.05) is 45.7 Å².